The summed E-state index contributed by atoms with van der Waals surface area (Å²) in [6.45, 7) is 4.75. The Bertz CT molecular complexity index is 120. The van der Waals surface area contributed by atoms with Crippen LogP contribution in [0.3, 0.4) is 0 Å². The van der Waals surface area contributed by atoms with Gasteiger partial charge in [-0.05, 0) is 36.5 Å². The zero-order valence-electron chi connectivity index (χ0n) is 6.48. The molecule has 0 amide bonds. The third-order valence-electron chi connectivity index (χ3n) is 3.41. The molecule has 0 aliphatic heterocycles. The van der Waals surface area contributed by atoms with Crippen molar-refractivity contribution >= 4 is 0 Å². The molecule has 0 aromatic heterocycles. The molecule has 0 radical (unpaired) electrons. The molecule has 2 saturated carbocycles. The summed E-state index contributed by atoms with van der Waals surface area (Å²) in [7, 11) is 0. The zero-order chi connectivity index (χ0) is 6.48. The fourth-order valence-electron chi connectivity index (χ4n) is 2.53. The molecule has 0 heteroatoms. The van der Waals surface area contributed by atoms with E-state index in [-0.39, 0.29) is 0 Å². The Hall–Kier alpha value is 0. The average Bonchev–Trinajstić information content (AvgIpc) is 2.34. The first-order valence-corrected chi connectivity index (χ1v) is 4.25. The fraction of sp³-hybridized carbons (Fsp3) is 1.00. The molecule has 1 spiro atoms. The molecular formula is C9H16. The van der Waals surface area contributed by atoms with Crippen LogP contribution in [0, 0.1) is 17.3 Å². The molecule has 1 unspecified atom stereocenters. The number of rotatable bonds is 1. The highest BCUT2D eigenvalue weighted by molar-refractivity contribution is 5.07. The fourth-order valence-corrected chi connectivity index (χ4v) is 2.53. The standard InChI is InChI=1S/C9H16/c1-7(2)8-6-9(8)4-3-5-9/h7-8H,3-6H2,1-2H3. The van der Waals surface area contributed by atoms with Crippen LogP contribution in [-0.4, -0.2) is 0 Å². The summed E-state index contributed by atoms with van der Waals surface area (Å²) >= 11 is 0. The van der Waals surface area contributed by atoms with Gasteiger partial charge in [0.15, 0.2) is 0 Å². The Morgan fingerprint density at radius 1 is 1.33 bits per heavy atom. The summed E-state index contributed by atoms with van der Waals surface area (Å²) in [5.41, 5.74) is 0.911. The van der Waals surface area contributed by atoms with Crippen molar-refractivity contribution < 1.29 is 0 Å². The molecule has 0 N–H and O–H groups in total. The van der Waals surface area contributed by atoms with Crippen LogP contribution < -0.4 is 0 Å². The predicted molar refractivity (Wildman–Crippen MR) is 39.2 cm³/mol. The average molecular weight is 124 g/mol. The molecule has 0 bridgehead atoms. The number of hydrogen-bond donors (Lipinski definition) is 0. The summed E-state index contributed by atoms with van der Waals surface area (Å²) in [6, 6.07) is 0. The van der Waals surface area contributed by atoms with Gasteiger partial charge in [0.25, 0.3) is 0 Å². The maximum absolute atomic E-state index is 2.37. The molecule has 2 fully saturated rings. The maximum atomic E-state index is 2.37. The monoisotopic (exact) mass is 124 g/mol. The molecule has 1 atom stereocenters. The molecule has 0 heterocycles. The van der Waals surface area contributed by atoms with E-state index in [1.165, 1.54) is 6.42 Å². The van der Waals surface area contributed by atoms with Crippen LogP contribution in [0.25, 0.3) is 0 Å². The lowest BCUT2D eigenvalue weighted by molar-refractivity contribution is 0.237. The van der Waals surface area contributed by atoms with E-state index in [1.54, 1.807) is 19.3 Å². The van der Waals surface area contributed by atoms with Crippen molar-refractivity contribution in [1.82, 2.24) is 0 Å². The van der Waals surface area contributed by atoms with E-state index in [0.29, 0.717) is 0 Å². The molecule has 0 aromatic carbocycles. The van der Waals surface area contributed by atoms with Crippen LogP contribution >= 0.6 is 0 Å². The molecule has 2 aliphatic rings. The van der Waals surface area contributed by atoms with Crippen molar-refractivity contribution in [2.24, 2.45) is 17.3 Å². The van der Waals surface area contributed by atoms with Crippen LogP contribution in [0.2, 0.25) is 0 Å². The summed E-state index contributed by atoms with van der Waals surface area (Å²) in [6.07, 6.45) is 6.18. The van der Waals surface area contributed by atoms with Gasteiger partial charge in [0, 0.05) is 0 Å². The molecule has 0 aromatic rings. The van der Waals surface area contributed by atoms with Gasteiger partial charge in [0.1, 0.15) is 0 Å². The SMILES string of the molecule is CC(C)C1CC12CCC2. The van der Waals surface area contributed by atoms with Crippen molar-refractivity contribution in [3.05, 3.63) is 0 Å². The first-order valence-electron chi connectivity index (χ1n) is 4.25. The van der Waals surface area contributed by atoms with E-state index >= 15 is 0 Å². The molecule has 2 rings (SSSR count). The van der Waals surface area contributed by atoms with Crippen LogP contribution in [0.15, 0.2) is 0 Å². The maximum Gasteiger partial charge on any atom is -0.0264 e. The third kappa shape index (κ3) is 0.653. The van der Waals surface area contributed by atoms with E-state index in [4.69, 9.17) is 0 Å². The highest BCUT2D eigenvalue weighted by Crippen LogP contribution is 2.67. The Morgan fingerprint density at radius 3 is 2.11 bits per heavy atom. The van der Waals surface area contributed by atoms with Crippen molar-refractivity contribution in [2.45, 2.75) is 39.5 Å². The smallest absolute Gasteiger partial charge is 0.0264 e. The Balaban J connectivity index is 1.94. The summed E-state index contributed by atoms with van der Waals surface area (Å²) in [4.78, 5) is 0. The van der Waals surface area contributed by atoms with Gasteiger partial charge in [-0.3, -0.25) is 0 Å². The van der Waals surface area contributed by atoms with Gasteiger partial charge in [0.05, 0.1) is 0 Å². The second kappa shape index (κ2) is 1.53. The second-order valence-electron chi connectivity index (χ2n) is 4.27. The largest absolute Gasteiger partial charge is 0.0625 e. The lowest BCUT2D eigenvalue weighted by Crippen LogP contribution is -2.16. The summed E-state index contributed by atoms with van der Waals surface area (Å²) in [5, 5.41) is 0. The van der Waals surface area contributed by atoms with Crippen LogP contribution in [0.1, 0.15) is 39.5 Å². The van der Waals surface area contributed by atoms with E-state index in [0.717, 1.165) is 17.3 Å². The minimum absolute atomic E-state index is 0.911. The van der Waals surface area contributed by atoms with Gasteiger partial charge in [-0.1, -0.05) is 20.3 Å². The minimum atomic E-state index is 0.911. The molecule has 9 heavy (non-hydrogen) atoms. The first kappa shape index (κ1) is 5.76. The molecule has 52 valence electrons. The highest BCUT2D eigenvalue weighted by atomic mass is 14.6. The zero-order valence-corrected chi connectivity index (χ0v) is 6.48. The topological polar surface area (TPSA) is 0 Å². The molecule has 2 aliphatic carbocycles. The molecule has 0 nitrogen and oxygen atoms in total. The Kier molecular flexibility index (Phi) is 0.980. The van der Waals surface area contributed by atoms with E-state index in [1.807, 2.05) is 0 Å². The van der Waals surface area contributed by atoms with Gasteiger partial charge in [-0.25, -0.2) is 0 Å². The van der Waals surface area contributed by atoms with Gasteiger partial charge in [0.2, 0.25) is 0 Å². The number of hydrogen-bond acceptors (Lipinski definition) is 0. The lowest BCUT2D eigenvalue weighted by atomic mass is 9.78. The quantitative estimate of drug-likeness (QED) is 0.504. The third-order valence-corrected chi connectivity index (χ3v) is 3.41. The minimum Gasteiger partial charge on any atom is -0.0625 e. The Labute approximate surface area is 57.6 Å². The van der Waals surface area contributed by atoms with Crippen LogP contribution in [-0.2, 0) is 0 Å². The highest BCUT2D eigenvalue weighted by Gasteiger charge is 2.57. The van der Waals surface area contributed by atoms with Crippen molar-refractivity contribution in [3.63, 3.8) is 0 Å². The first-order chi connectivity index (χ1) is 4.25. The van der Waals surface area contributed by atoms with E-state index in [9.17, 15) is 0 Å². The lowest BCUT2D eigenvalue weighted by Gasteiger charge is -2.27. The van der Waals surface area contributed by atoms with Gasteiger partial charge in [-0.15, -0.1) is 0 Å². The summed E-state index contributed by atoms with van der Waals surface area (Å²) in [5.74, 6) is 2.08. The Morgan fingerprint density at radius 2 is 2.00 bits per heavy atom. The van der Waals surface area contributed by atoms with Crippen molar-refractivity contribution in [3.8, 4) is 0 Å². The van der Waals surface area contributed by atoms with E-state index < -0.39 is 0 Å². The second-order valence-corrected chi connectivity index (χ2v) is 4.27. The van der Waals surface area contributed by atoms with Crippen molar-refractivity contribution in [1.29, 1.82) is 0 Å². The molecule has 0 saturated heterocycles. The van der Waals surface area contributed by atoms with Crippen LogP contribution in [0.4, 0.5) is 0 Å². The van der Waals surface area contributed by atoms with Crippen molar-refractivity contribution in [2.75, 3.05) is 0 Å². The van der Waals surface area contributed by atoms with E-state index in [2.05, 4.69) is 13.8 Å². The summed E-state index contributed by atoms with van der Waals surface area (Å²) < 4.78 is 0. The van der Waals surface area contributed by atoms with Gasteiger partial charge < -0.3 is 0 Å². The van der Waals surface area contributed by atoms with Gasteiger partial charge in [-0.2, -0.15) is 0 Å². The predicted octanol–water partition coefficient (Wildman–Crippen LogP) is 2.83. The van der Waals surface area contributed by atoms with Gasteiger partial charge >= 0.3 is 0 Å². The molecular weight excluding hydrogens is 108 g/mol. The normalized spacial score (nSPS) is 37.0. The van der Waals surface area contributed by atoms with Crippen LogP contribution in [0.5, 0.6) is 0 Å².